The van der Waals surface area contributed by atoms with Crippen molar-refractivity contribution < 1.29 is 14.6 Å². The number of hydrogen-bond donors (Lipinski definition) is 3. The van der Waals surface area contributed by atoms with Gasteiger partial charge in [0.1, 0.15) is 0 Å². The molecule has 0 amide bonds. The molecule has 1 heterocycles. The summed E-state index contributed by atoms with van der Waals surface area (Å²) in [6.45, 7) is 4.25. The van der Waals surface area contributed by atoms with Crippen LogP contribution in [-0.2, 0) is 6.54 Å². The van der Waals surface area contributed by atoms with Crippen LogP contribution in [0.2, 0.25) is 0 Å². The number of halogens is 1. The predicted molar refractivity (Wildman–Crippen MR) is 57.9 cm³/mol. The van der Waals surface area contributed by atoms with Crippen molar-refractivity contribution in [3.63, 3.8) is 0 Å². The van der Waals surface area contributed by atoms with Crippen molar-refractivity contribution in [1.29, 1.82) is 0 Å². The molecule has 1 aromatic rings. The summed E-state index contributed by atoms with van der Waals surface area (Å²) in [4.78, 5) is 2.17. The smallest absolute Gasteiger partial charge is 0.194 e. The lowest BCUT2D eigenvalue weighted by atomic mass is 10.1. The van der Waals surface area contributed by atoms with E-state index in [9.17, 15) is 9.50 Å². The zero-order valence-electron chi connectivity index (χ0n) is 8.91. The van der Waals surface area contributed by atoms with Gasteiger partial charge in [0.05, 0.1) is 0 Å². The number of benzene rings is 1. The fraction of sp³-hybridized carbons (Fsp3) is 0.455. The first-order valence-electron chi connectivity index (χ1n) is 5.30. The molecule has 88 valence electrons. The number of rotatable bonds is 2. The second-order valence-corrected chi connectivity index (χ2v) is 3.97. The van der Waals surface area contributed by atoms with E-state index >= 15 is 0 Å². The number of phenols is 2. The molecule has 4 nitrogen and oxygen atoms in total. The minimum absolute atomic E-state index is 0.398. The van der Waals surface area contributed by atoms with Crippen molar-refractivity contribution >= 4 is 0 Å². The van der Waals surface area contributed by atoms with E-state index in [0.717, 1.165) is 26.2 Å². The summed E-state index contributed by atoms with van der Waals surface area (Å²) >= 11 is 0. The van der Waals surface area contributed by atoms with Gasteiger partial charge < -0.3 is 15.5 Å². The van der Waals surface area contributed by atoms with E-state index < -0.39 is 17.3 Å². The highest BCUT2D eigenvalue weighted by molar-refractivity contribution is 5.41. The van der Waals surface area contributed by atoms with Crippen molar-refractivity contribution in [2.45, 2.75) is 6.54 Å². The Morgan fingerprint density at radius 2 is 1.94 bits per heavy atom. The van der Waals surface area contributed by atoms with Crippen LogP contribution >= 0.6 is 0 Å². The molecule has 3 N–H and O–H groups in total. The van der Waals surface area contributed by atoms with Crippen molar-refractivity contribution in [2.75, 3.05) is 26.2 Å². The standard InChI is InChI=1S/C11H15FN2O2/c12-9-5-8(6-10(15)11(9)16)7-14-3-1-13-2-4-14/h5-6,13,15-16H,1-4,7H2. The molecule has 1 fully saturated rings. The minimum Gasteiger partial charge on any atom is -0.504 e. The average molecular weight is 226 g/mol. The molecule has 16 heavy (non-hydrogen) atoms. The Hall–Kier alpha value is -1.33. The van der Waals surface area contributed by atoms with Gasteiger partial charge in [-0.1, -0.05) is 0 Å². The van der Waals surface area contributed by atoms with Gasteiger partial charge in [-0.25, -0.2) is 4.39 Å². The average Bonchev–Trinajstić information content (AvgIpc) is 2.27. The molecule has 0 aromatic heterocycles. The third-order valence-electron chi connectivity index (χ3n) is 2.72. The van der Waals surface area contributed by atoms with Crippen LogP contribution in [0, 0.1) is 5.82 Å². The molecule has 0 atom stereocenters. The molecule has 1 aliphatic rings. The van der Waals surface area contributed by atoms with Gasteiger partial charge in [-0.2, -0.15) is 0 Å². The third kappa shape index (κ3) is 2.43. The van der Waals surface area contributed by atoms with Gasteiger partial charge in [0.2, 0.25) is 0 Å². The van der Waals surface area contributed by atoms with Crippen LogP contribution in [0.4, 0.5) is 4.39 Å². The molecular formula is C11H15FN2O2. The predicted octanol–water partition coefficient (Wildman–Crippen LogP) is 0.642. The molecule has 0 aliphatic carbocycles. The zero-order chi connectivity index (χ0) is 11.5. The van der Waals surface area contributed by atoms with Crippen LogP contribution in [0.3, 0.4) is 0 Å². The van der Waals surface area contributed by atoms with E-state index in [0.29, 0.717) is 12.1 Å². The topological polar surface area (TPSA) is 55.7 Å². The first-order valence-corrected chi connectivity index (χ1v) is 5.30. The lowest BCUT2D eigenvalue weighted by Crippen LogP contribution is -2.42. The quantitative estimate of drug-likeness (QED) is 0.648. The Morgan fingerprint density at radius 1 is 1.25 bits per heavy atom. The number of aromatic hydroxyl groups is 2. The van der Waals surface area contributed by atoms with Crippen molar-refractivity contribution in [3.05, 3.63) is 23.5 Å². The highest BCUT2D eigenvalue weighted by Crippen LogP contribution is 2.29. The summed E-state index contributed by atoms with van der Waals surface area (Å²) in [7, 11) is 0. The highest BCUT2D eigenvalue weighted by Gasteiger charge is 2.13. The number of piperazine rings is 1. The third-order valence-corrected chi connectivity index (χ3v) is 2.72. The number of hydrogen-bond acceptors (Lipinski definition) is 4. The van der Waals surface area contributed by atoms with Crippen LogP contribution in [-0.4, -0.2) is 41.3 Å². The summed E-state index contributed by atoms with van der Waals surface area (Å²) in [6.07, 6.45) is 0. The molecule has 1 aliphatic heterocycles. The molecule has 5 heteroatoms. The van der Waals surface area contributed by atoms with Gasteiger partial charge in [0, 0.05) is 32.7 Å². The largest absolute Gasteiger partial charge is 0.504 e. The number of phenolic OH excluding ortho intramolecular Hbond substituents is 2. The summed E-state index contributed by atoms with van der Waals surface area (Å²) in [6, 6.07) is 2.66. The Labute approximate surface area is 93.3 Å². The second kappa shape index (κ2) is 4.67. The molecule has 0 spiro atoms. The lowest BCUT2D eigenvalue weighted by Gasteiger charge is -2.27. The zero-order valence-corrected chi connectivity index (χ0v) is 8.91. The fourth-order valence-corrected chi connectivity index (χ4v) is 1.86. The maximum atomic E-state index is 13.2. The summed E-state index contributed by atoms with van der Waals surface area (Å²) in [5.41, 5.74) is 0.676. The van der Waals surface area contributed by atoms with Crippen LogP contribution in [0.5, 0.6) is 11.5 Å². The van der Waals surface area contributed by atoms with E-state index in [1.165, 1.54) is 12.1 Å². The minimum atomic E-state index is -0.773. The van der Waals surface area contributed by atoms with E-state index in [1.807, 2.05) is 0 Å². The lowest BCUT2D eigenvalue weighted by molar-refractivity contribution is 0.232. The van der Waals surface area contributed by atoms with Gasteiger partial charge in [0.15, 0.2) is 17.3 Å². The van der Waals surface area contributed by atoms with E-state index in [2.05, 4.69) is 10.2 Å². The Bertz CT molecular complexity index is 355. The summed E-state index contributed by atoms with van der Waals surface area (Å²) < 4.78 is 13.2. The normalized spacial score (nSPS) is 17.6. The van der Waals surface area contributed by atoms with Gasteiger partial charge >= 0.3 is 0 Å². The molecule has 0 unspecified atom stereocenters. The SMILES string of the molecule is Oc1cc(CN2CCNCC2)cc(F)c1O. The Balaban J connectivity index is 2.09. The van der Waals surface area contributed by atoms with Crippen LogP contribution in [0.15, 0.2) is 12.1 Å². The first-order chi connectivity index (χ1) is 7.66. The van der Waals surface area contributed by atoms with E-state index in [-0.39, 0.29) is 0 Å². The molecule has 1 saturated heterocycles. The molecule has 2 rings (SSSR count). The molecule has 0 saturated carbocycles. The van der Waals surface area contributed by atoms with Crippen LogP contribution in [0.1, 0.15) is 5.56 Å². The van der Waals surface area contributed by atoms with Gasteiger partial charge in [-0.15, -0.1) is 0 Å². The maximum absolute atomic E-state index is 13.2. The van der Waals surface area contributed by atoms with Gasteiger partial charge in [-0.3, -0.25) is 4.90 Å². The monoisotopic (exact) mass is 226 g/mol. The van der Waals surface area contributed by atoms with Crippen molar-refractivity contribution in [3.8, 4) is 11.5 Å². The molecular weight excluding hydrogens is 211 g/mol. The molecule has 0 bridgehead atoms. The molecule has 0 radical (unpaired) electrons. The maximum Gasteiger partial charge on any atom is 0.194 e. The van der Waals surface area contributed by atoms with Crippen molar-refractivity contribution in [1.82, 2.24) is 10.2 Å². The van der Waals surface area contributed by atoms with Gasteiger partial charge in [-0.05, 0) is 17.7 Å². The van der Waals surface area contributed by atoms with Crippen LogP contribution < -0.4 is 5.32 Å². The Kier molecular flexibility index (Phi) is 3.26. The summed E-state index contributed by atoms with van der Waals surface area (Å²) in [5, 5.41) is 21.6. The fourth-order valence-electron chi connectivity index (χ4n) is 1.86. The number of nitrogens with one attached hydrogen (secondary N) is 1. The molecule has 1 aromatic carbocycles. The summed E-state index contributed by atoms with van der Waals surface area (Å²) in [5.74, 6) is -1.85. The number of nitrogens with zero attached hydrogens (tertiary/aromatic N) is 1. The van der Waals surface area contributed by atoms with Crippen LogP contribution in [0.25, 0.3) is 0 Å². The first kappa shape index (κ1) is 11.2. The van der Waals surface area contributed by atoms with Gasteiger partial charge in [0.25, 0.3) is 0 Å². The van der Waals surface area contributed by atoms with Crippen molar-refractivity contribution in [2.24, 2.45) is 0 Å². The van der Waals surface area contributed by atoms with E-state index in [1.54, 1.807) is 0 Å². The second-order valence-electron chi connectivity index (χ2n) is 3.97. The Morgan fingerprint density at radius 3 is 2.56 bits per heavy atom. The highest BCUT2D eigenvalue weighted by atomic mass is 19.1. The van der Waals surface area contributed by atoms with E-state index in [4.69, 9.17) is 5.11 Å².